The van der Waals surface area contributed by atoms with Crippen LogP contribution in [-0.2, 0) is 9.47 Å². The van der Waals surface area contributed by atoms with Crippen molar-refractivity contribution in [3.63, 3.8) is 0 Å². The predicted molar refractivity (Wildman–Crippen MR) is 39.6 cm³/mol. The van der Waals surface area contributed by atoms with E-state index in [4.69, 9.17) is 0 Å². The molecule has 2 nitrogen and oxygen atoms in total. The van der Waals surface area contributed by atoms with Gasteiger partial charge in [-0.05, 0) is 12.8 Å². The van der Waals surface area contributed by atoms with E-state index < -0.39 is 29.7 Å². The SMILES string of the molecule is CC1=C(C(C)C)C(F)(F)OC(F)(F)O1. The minimum atomic E-state index is -4.26. The van der Waals surface area contributed by atoms with Crippen molar-refractivity contribution in [1.82, 2.24) is 0 Å². The van der Waals surface area contributed by atoms with Gasteiger partial charge >= 0.3 is 12.4 Å². The van der Waals surface area contributed by atoms with E-state index in [1.807, 2.05) is 0 Å². The largest absolute Gasteiger partial charge is 0.539 e. The van der Waals surface area contributed by atoms with Gasteiger partial charge in [-0.25, -0.2) is 4.74 Å². The average Bonchev–Trinajstić information content (AvgIpc) is 1.75. The lowest BCUT2D eigenvalue weighted by molar-refractivity contribution is -0.462. The smallest absolute Gasteiger partial charge is 0.414 e. The summed E-state index contributed by atoms with van der Waals surface area (Å²) in [7, 11) is 0. The van der Waals surface area contributed by atoms with Gasteiger partial charge in [0, 0.05) is 0 Å². The number of hydrogen-bond donors (Lipinski definition) is 0. The molecule has 0 aromatic rings. The molecule has 0 saturated heterocycles. The number of halogens is 4. The maximum Gasteiger partial charge on any atom is 0.539 e. The van der Waals surface area contributed by atoms with Crippen LogP contribution in [0.4, 0.5) is 17.6 Å². The van der Waals surface area contributed by atoms with Crippen LogP contribution in [-0.4, -0.2) is 12.4 Å². The summed E-state index contributed by atoms with van der Waals surface area (Å²) in [5, 5.41) is 0. The molecule has 0 saturated carbocycles. The second-order valence-electron chi connectivity index (χ2n) is 3.31. The van der Waals surface area contributed by atoms with Gasteiger partial charge in [0.05, 0.1) is 5.57 Å². The lowest BCUT2D eigenvalue weighted by Crippen LogP contribution is -2.42. The summed E-state index contributed by atoms with van der Waals surface area (Å²) in [4.78, 5) is 0. The molecule has 14 heavy (non-hydrogen) atoms. The first-order valence-electron chi connectivity index (χ1n) is 4.02. The Morgan fingerprint density at radius 1 is 1.14 bits per heavy atom. The first-order valence-corrected chi connectivity index (χ1v) is 4.02. The molecule has 0 atom stereocenters. The zero-order chi connectivity index (χ0) is 11.1. The molecule has 1 heterocycles. The third kappa shape index (κ3) is 2.00. The molecule has 0 unspecified atom stereocenters. The maximum absolute atomic E-state index is 13.0. The Labute approximate surface area is 78.5 Å². The van der Waals surface area contributed by atoms with Gasteiger partial charge in [0.25, 0.3) is 0 Å². The molecular formula is C8H10F4O2. The van der Waals surface area contributed by atoms with Gasteiger partial charge in [0.2, 0.25) is 0 Å². The van der Waals surface area contributed by atoms with Crippen LogP contribution in [0.3, 0.4) is 0 Å². The van der Waals surface area contributed by atoms with Crippen molar-refractivity contribution in [2.24, 2.45) is 5.92 Å². The standard InChI is InChI=1S/C8H10F4O2/c1-4(2)6-5(3)13-8(11,12)14-7(6,9)10/h4H,1-3H3. The zero-order valence-electron chi connectivity index (χ0n) is 7.91. The highest BCUT2D eigenvalue weighted by Gasteiger charge is 2.55. The highest BCUT2D eigenvalue weighted by atomic mass is 19.3. The molecule has 0 aromatic heterocycles. The summed E-state index contributed by atoms with van der Waals surface area (Å²) < 4.78 is 58.1. The lowest BCUT2D eigenvalue weighted by Gasteiger charge is -2.33. The highest BCUT2D eigenvalue weighted by Crippen LogP contribution is 2.43. The summed E-state index contributed by atoms with van der Waals surface area (Å²) in [6.45, 7) is 3.96. The van der Waals surface area contributed by atoms with Crippen molar-refractivity contribution in [2.45, 2.75) is 33.2 Å². The van der Waals surface area contributed by atoms with E-state index in [1.54, 1.807) is 0 Å². The topological polar surface area (TPSA) is 18.5 Å². The number of alkyl halides is 4. The third-order valence-electron chi connectivity index (χ3n) is 1.79. The van der Waals surface area contributed by atoms with Gasteiger partial charge in [-0.15, -0.1) is 8.78 Å². The first kappa shape index (κ1) is 11.3. The van der Waals surface area contributed by atoms with E-state index in [2.05, 4.69) is 9.47 Å². The fourth-order valence-electron chi connectivity index (χ4n) is 1.41. The number of allylic oxidation sites excluding steroid dienone is 1. The maximum atomic E-state index is 13.0. The Kier molecular flexibility index (Phi) is 2.51. The number of hydrogen-bond acceptors (Lipinski definition) is 2. The first-order chi connectivity index (χ1) is 6.16. The molecule has 0 spiro atoms. The molecule has 6 heteroatoms. The molecule has 1 rings (SSSR count). The van der Waals surface area contributed by atoms with Gasteiger partial charge in [-0.3, -0.25) is 0 Å². The van der Waals surface area contributed by atoms with Crippen molar-refractivity contribution in [1.29, 1.82) is 0 Å². The molecule has 1 aliphatic heterocycles. The van der Waals surface area contributed by atoms with Gasteiger partial charge < -0.3 is 4.74 Å². The Bertz CT molecular complexity index is 271. The minimum absolute atomic E-state index is 0.485. The summed E-state index contributed by atoms with van der Waals surface area (Å²) in [5.41, 5.74) is -0.552. The quantitative estimate of drug-likeness (QED) is 0.624. The van der Waals surface area contributed by atoms with Gasteiger partial charge in [0.1, 0.15) is 5.76 Å². The molecule has 82 valence electrons. The van der Waals surface area contributed by atoms with Crippen LogP contribution >= 0.6 is 0 Å². The molecule has 0 aliphatic carbocycles. The Morgan fingerprint density at radius 3 is 2.00 bits per heavy atom. The Morgan fingerprint density at radius 2 is 1.64 bits per heavy atom. The lowest BCUT2D eigenvalue weighted by atomic mass is 10.0. The molecule has 0 aromatic carbocycles. The monoisotopic (exact) mass is 214 g/mol. The van der Waals surface area contributed by atoms with Gasteiger partial charge in [-0.1, -0.05) is 13.8 Å². The van der Waals surface area contributed by atoms with E-state index in [0.717, 1.165) is 6.92 Å². The number of rotatable bonds is 1. The van der Waals surface area contributed by atoms with Crippen LogP contribution in [0.5, 0.6) is 0 Å². The summed E-state index contributed by atoms with van der Waals surface area (Å²) in [6.07, 6.45) is -8.23. The molecule has 0 fully saturated rings. The third-order valence-corrected chi connectivity index (χ3v) is 1.79. The second kappa shape index (κ2) is 3.12. The van der Waals surface area contributed by atoms with Crippen molar-refractivity contribution < 1.29 is 27.0 Å². The van der Waals surface area contributed by atoms with Crippen LogP contribution in [0, 0.1) is 5.92 Å². The fraction of sp³-hybridized carbons (Fsp3) is 0.750. The summed E-state index contributed by atoms with van der Waals surface area (Å²) in [5.74, 6) is -1.11. The van der Waals surface area contributed by atoms with Crippen molar-refractivity contribution in [3.05, 3.63) is 11.3 Å². The average molecular weight is 214 g/mol. The van der Waals surface area contributed by atoms with Crippen LogP contribution in [0.1, 0.15) is 20.8 Å². The normalized spacial score (nSPS) is 25.1. The summed E-state index contributed by atoms with van der Waals surface area (Å²) in [6, 6.07) is 0. The second-order valence-corrected chi connectivity index (χ2v) is 3.31. The minimum Gasteiger partial charge on any atom is -0.414 e. The Hall–Kier alpha value is -0.780. The van der Waals surface area contributed by atoms with E-state index in [1.165, 1.54) is 13.8 Å². The van der Waals surface area contributed by atoms with E-state index in [-0.39, 0.29) is 0 Å². The van der Waals surface area contributed by atoms with Crippen LogP contribution in [0.15, 0.2) is 11.3 Å². The molecule has 0 N–H and O–H groups in total. The van der Waals surface area contributed by atoms with E-state index in [9.17, 15) is 17.6 Å². The molecule has 0 radical (unpaired) electrons. The van der Waals surface area contributed by atoms with Crippen LogP contribution in [0.25, 0.3) is 0 Å². The van der Waals surface area contributed by atoms with Crippen molar-refractivity contribution >= 4 is 0 Å². The molecule has 1 aliphatic rings. The van der Waals surface area contributed by atoms with Crippen molar-refractivity contribution in [3.8, 4) is 0 Å². The molecule has 0 amide bonds. The molecule has 0 bridgehead atoms. The number of ether oxygens (including phenoxy) is 2. The zero-order valence-corrected chi connectivity index (χ0v) is 7.91. The fourth-order valence-corrected chi connectivity index (χ4v) is 1.41. The van der Waals surface area contributed by atoms with Gasteiger partial charge in [0.15, 0.2) is 0 Å². The van der Waals surface area contributed by atoms with Crippen LogP contribution in [0.2, 0.25) is 0 Å². The summed E-state index contributed by atoms with van der Waals surface area (Å²) >= 11 is 0. The molecular weight excluding hydrogens is 204 g/mol. The van der Waals surface area contributed by atoms with Crippen molar-refractivity contribution in [2.75, 3.05) is 0 Å². The Balaban J connectivity index is 3.13. The van der Waals surface area contributed by atoms with E-state index >= 15 is 0 Å². The van der Waals surface area contributed by atoms with E-state index in [0.29, 0.717) is 0 Å². The highest BCUT2D eigenvalue weighted by molar-refractivity contribution is 5.17. The predicted octanol–water partition coefficient (Wildman–Crippen LogP) is 3.11. The van der Waals surface area contributed by atoms with Crippen LogP contribution < -0.4 is 0 Å². The van der Waals surface area contributed by atoms with Gasteiger partial charge in [-0.2, -0.15) is 8.78 Å².